The van der Waals surface area contributed by atoms with E-state index in [1.54, 1.807) is 0 Å². The van der Waals surface area contributed by atoms with Gasteiger partial charge in [-0.05, 0) is 95.0 Å². The van der Waals surface area contributed by atoms with Crippen LogP contribution in [0.2, 0.25) is 0 Å². The average molecular weight is 839 g/mol. The van der Waals surface area contributed by atoms with Crippen molar-refractivity contribution in [3.8, 4) is 5.75 Å². The zero-order valence-electron chi connectivity index (χ0n) is 33.1. The van der Waals surface area contributed by atoms with Gasteiger partial charge in [-0.15, -0.1) is 0 Å². The molecule has 2 aliphatic rings. The predicted octanol–water partition coefficient (Wildman–Crippen LogP) is 9.74. The van der Waals surface area contributed by atoms with Gasteiger partial charge in [-0.2, -0.15) is 4.58 Å². The number of hydrogen-bond donors (Lipinski definition) is 0. The fraction of sp³-hybridized carbons (Fsp3) is 0.314. The molecule has 4 heteroatoms. The van der Waals surface area contributed by atoms with Crippen molar-refractivity contribution in [3.63, 3.8) is 0 Å². The lowest BCUT2D eigenvalue weighted by molar-refractivity contribution is -0.436. The Labute approximate surface area is 344 Å². The predicted molar refractivity (Wildman–Crippen MR) is 231 cm³/mol. The quantitative estimate of drug-likeness (QED) is 0.0607. The van der Waals surface area contributed by atoms with Crippen LogP contribution in [0.15, 0.2) is 126 Å². The number of ether oxygens (including phenoxy) is 1. The number of halogens is 1. The Balaban J connectivity index is 0.00000465. The maximum absolute atomic E-state index is 6.13. The van der Waals surface area contributed by atoms with Gasteiger partial charge in [0.1, 0.15) is 12.3 Å². The van der Waals surface area contributed by atoms with Gasteiger partial charge >= 0.3 is 0 Å². The lowest BCUT2D eigenvalue weighted by atomic mass is 9.78. The molecule has 0 saturated carbocycles. The molecule has 0 fully saturated rings. The summed E-state index contributed by atoms with van der Waals surface area (Å²) < 4.78 is 11.3. The van der Waals surface area contributed by atoms with E-state index in [2.05, 4.69) is 158 Å². The van der Waals surface area contributed by atoms with E-state index < -0.39 is 0 Å². The summed E-state index contributed by atoms with van der Waals surface area (Å²) in [6.07, 6.45) is 18.7. The van der Waals surface area contributed by atoms with Gasteiger partial charge in [0.25, 0.3) is 0 Å². The Morgan fingerprint density at radius 1 is 0.727 bits per heavy atom. The van der Waals surface area contributed by atoms with Gasteiger partial charge in [-0.1, -0.05) is 126 Å². The van der Waals surface area contributed by atoms with Crippen LogP contribution in [0.4, 0.5) is 5.69 Å². The molecular formula is C51H55IN2O. The molecule has 282 valence electrons. The van der Waals surface area contributed by atoms with E-state index in [1.165, 1.54) is 89.9 Å². The van der Waals surface area contributed by atoms with Crippen LogP contribution < -0.4 is 34.1 Å². The first-order chi connectivity index (χ1) is 26.6. The lowest BCUT2D eigenvalue weighted by Crippen LogP contribution is -3.00. The van der Waals surface area contributed by atoms with Gasteiger partial charge in [0.05, 0.1) is 17.6 Å². The normalized spacial score (nSPS) is 16.8. The number of aromatic nitrogens is 1. The van der Waals surface area contributed by atoms with Crippen LogP contribution in [0, 0.1) is 5.92 Å². The standard InChI is InChI=1S/C51H55N2O.HI/c1-5-8-31-52-45(43-19-11-15-37-17-13-21-47(52)50(37)43)29-25-40-34-36(4)35-41(49(40)39-23-27-42(28-24-39)54-33-10-7-3)26-30-46-44-20-12-16-38-18-14-22-48(51(38)44)53(46)32-9-6-2;/h11-30,36H,5-10,31-35H2,1-4H3;1H/q+1;/p-1. The second-order valence-electron chi connectivity index (χ2n) is 15.5. The molecule has 6 aromatic rings. The molecule has 1 atom stereocenters. The second-order valence-corrected chi connectivity index (χ2v) is 15.5. The summed E-state index contributed by atoms with van der Waals surface area (Å²) in [5.74, 6) is 1.48. The third-order valence-electron chi connectivity index (χ3n) is 11.5. The Kier molecular flexibility index (Phi) is 12.4. The summed E-state index contributed by atoms with van der Waals surface area (Å²) >= 11 is 0. The molecule has 0 bridgehead atoms. The lowest BCUT2D eigenvalue weighted by Gasteiger charge is -2.27. The molecular weight excluding hydrogens is 783 g/mol. The molecule has 2 heterocycles. The first kappa shape index (κ1) is 38.8. The number of nitrogens with zero attached hydrogens (tertiary/aromatic N) is 2. The Morgan fingerprint density at radius 2 is 1.44 bits per heavy atom. The summed E-state index contributed by atoms with van der Waals surface area (Å²) in [5, 5.41) is 8.06. The first-order valence-electron chi connectivity index (χ1n) is 20.6. The molecule has 1 unspecified atom stereocenters. The van der Waals surface area contributed by atoms with Crippen molar-refractivity contribution in [3.05, 3.63) is 143 Å². The van der Waals surface area contributed by atoms with Crippen molar-refractivity contribution in [1.29, 1.82) is 0 Å². The van der Waals surface area contributed by atoms with Crippen molar-refractivity contribution in [2.45, 2.75) is 85.6 Å². The van der Waals surface area contributed by atoms with E-state index in [4.69, 9.17) is 4.74 Å². The molecule has 55 heavy (non-hydrogen) atoms. The maximum Gasteiger partial charge on any atom is 0.214 e. The van der Waals surface area contributed by atoms with Crippen molar-refractivity contribution < 1.29 is 33.3 Å². The number of unbranched alkanes of at least 4 members (excludes halogenated alkanes) is 3. The Bertz CT molecular complexity index is 2480. The summed E-state index contributed by atoms with van der Waals surface area (Å²) in [6.45, 7) is 12.0. The zero-order chi connectivity index (χ0) is 37.0. The largest absolute Gasteiger partial charge is 1.00 e. The molecule has 0 radical (unpaired) electrons. The van der Waals surface area contributed by atoms with Crippen LogP contribution in [0.25, 0.3) is 44.1 Å². The summed E-state index contributed by atoms with van der Waals surface area (Å²) in [7, 11) is 0. The topological polar surface area (TPSA) is 17.2 Å². The number of benzene rings is 5. The maximum atomic E-state index is 6.13. The minimum absolute atomic E-state index is 0. The molecule has 0 N–H and O–H groups in total. The number of aryl methyl sites for hydroxylation is 1. The van der Waals surface area contributed by atoms with E-state index in [1.807, 2.05) is 0 Å². The van der Waals surface area contributed by atoms with Gasteiger partial charge in [0.2, 0.25) is 11.4 Å². The third-order valence-corrected chi connectivity index (χ3v) is 11.5. The van der Waals surface area contributed by atoms with E-state index in [9.17, 15) is 0 Å². The van der Waals surface area contributed by atoms with Gasteiger partial charge in [0.15, 0.2) is 0 Å². The van der Waals surface area contributed by atoms with E-state index >= 15 is 0 Å². The van der Waals surface area contributed by atoms with Gasteiger partial charge in [-0.25, -0.2) is 0 Å². The Morgan fingerprint density at radius 3 is 2.20 bits per heavy atom. The highest BCUT2D eigenvalue weighted by Gasteiger charge is 2.30. The van der Waals surface area contributed by atoms with Crippen molar-refractivity contribution in [2.24, 2.45) is 5.92 Å². The van der Waals surface area contributed by atoms with Crippen LogP contribution in [0.1, 0.15) is 90.2 Å². The fourth-order valence-corrected chi connectivity index (χ4v) is 8.86. The fourth-order valence-electron chi connectivity index (χ4n) is 8.86. The molecule has 3 nitrogen and oxygen atoms in total. The highest BCUT2D eigenvalue weighted by Crippen LogP contribution is 2.42. The summed E-state index contributed by atoms with van der Waals surface area (Å²) in [6, 6.07) is 36.0. The van der Waals surface area contributed by atoms with Gasteiger partial charge < -0.3 is 33.3 Å². The number of allylic oxidation sites excluding steroid dienone is 6. The highest BCUT2D eigenvalue weighted by molar-refractivity contribution is 6.19. The minimum Gasteiger partial charge on any atom is -1.00 e. The van der Waals surface area contributed by atoms with Crippen LogP contribution in [-0.2, 0) is 6.54 Å². The molecule has 1 aromatic heterocycles. The van der Waals surface area contributed by atoms with Crippen LogP contribution in [-0.4, -0.2) is 28.0 Å². The third kappa shape index (κ3) is 7.72. The highest BCUT2D eigenvalue weighted by atomic mass is 127. The van der Waals surface area contributed by atoms with E-state index in [0.29, 0.717) is 5.92 Å². The Hall–Kier alpha value is -4.42. The number of hydrogen-bond acceptors (Lipinski definition) is 1. The van der Waals surface area contributed by atoms with E-state index in [-0.39, 0.29) is 24.0 Å². The average Bonchev–Trinajstić information content (AvgIpc) is 3.67. The second kappa shape index (κ2) is 17.6. The van der Waals surface area contributed by atoms with Gasteiger partial charge in [0, 0.05) is 46.7 Å². The zero-order valence-corrected chi connectivity index (χ0v) is 35.2. The minimum atomic E-state index is 0. The smallest absolute Gasteiger partial charge is 0.214 e. The molecule has 1 aliphatic heterocycles. The molecule has 5 aromatic carbocycles. The molecule has 0 spiro atoms. The van der Waals surface area contributed by atoms with Crippen LogP contribution >= 0.6 is 0 Å². The summed E-state index contributed by atoms with van der Waals surface area (Å²) in [4.78, 5) is 0. The SMILES string of the molecule is CCCCOc1ccc(C2=C(/C=C/C3=[N+](CCCC)c4cccc5cccc3c45)CC(C)C/C2=C\C=c2/c3cccc4cccc(c43)n2CCCC)cc1.[I-]. The van der Waals surface area contributed by atoms with E-state index in [0.717, 1.165) is 64.0 Å². The van der Waals surface area contributed by atoms with Crippen molar-refractivity contribution in [2.75, 3.05) is 13.2 Å². The molecule has 0 saturated heterocycles. The first-order valence-corrected chi connectivity index (χ1v) is 20.6. The monoisotopic (exact) mass is 838 g/mol. The number of rotatable bonds is 14. The van der Waals surface area contributed by atoms with Crippen molar-refractivity contribution in [1.82, 2.24) is 4.57 Å². The van der Waals surface area contributed by atoms with Crippen LogP contribution in [0.3, 0.4) is 0 Å². The van der Waals surface area contributed by atoms with Crippen molar-refractivity contribution >= 4 is 55.5 Å². The van der Waals surface area contributed by atoms with Crippen LogP contribution in [0.5, 0.6) is 5.75 Å². The molecule has 8 rings (SSSR count). The summed E-state index contributed by atoms with van der Waals surface area (Å²) in [5.41, 5.74) is 10.8. The molecule has 0 amide bonds. The molecule has 1 aliphatic carbocycles. The van der Waals surface area contributed by atoms with Gasteiger partial charge in [-0.3, -0.25) is 0 Å².